The molecule has 0 aliphatic carbocycles. The number of H-pyrrole nitrogens is 1. The molecular weight excluding hydrogens is 336 g/mol. The quantitative estimate of drug-likeness (QED) is 0.825. The van der Waals surface area contributed by atoms with E-state index >= 15 is 0 Å². The van der Waals surface area contributed by atoms with Crippen molar-refractivity contribution >= 4 is 11.8 Å². The Morgan fingerprint density at radius 1 is 1.12 bits per heavy atom. The Morgan fingerprint density at radius 3 is 2.58 bits per heavy atom. The van der Waals surface area contributed by atoms with E-state index in [0.717, 1.165) is 19.3 Å². The molecule has 1 aromatic rings. The molecule has 0 saturated carbocycles. The van der Waals surface area contributed by atoms with E-state index in [1.54, 1.807) is 6.07 Å². The Morgan fingerprint density at radius 2 is 1.85 bits per heavy atom. The second kappa shape index (κ2) is 8.93. The van der Waals surface area contributed by atoms with Crippen LogP contribution in [0.2, 0.25) is 0 Å². The highest BCUT2D eigenvalue weighted by Gasteiger charge is 2.28. The van der Waals surface area contributed by atoms with Crippen LogP contribution in [-0.2, 0) is 20.7 Å². The topological polar surface area (TPSA) is 95.6 Å². The molecule has 8 heteroatoms. The lowest BCUT2D eigenvalue weighted by Crippen LogP contribution is -2.41. The minimum Gasteiger partial charge on any atom is -0.381 e. The molecule has 1 N–H and O–H groups in total. The molecule has 2 aliphatic rings. The lowest BCUT2D eigenvalue weighted by molar-refractivity contribution is -0.139. The Bertz CT molecular complexity index is 664. The predicted molar refractivity (Wildman–Crippen MR) is 94.5 cm³/mol. The van der Waals surface area contributed by atoms with Crippen LogP contribution in [0.4, 0.5) is 0 Å². The number of carbonyl (C=O) groups excluding carboxylic acids is 2. The zero-order valence-electron chi connectivity index (χ0n) is 15.0. The van der Waals surface area contributed by atoms with Crippen LogP contribution in [0.1, 0.15) is 31.4 Å². The van der Waals surface area contributed by atoms with Gasteiger partial charge in [-0.15, -0.1) is 0 Å². The van der Waals surface area contributed by atoms with Gasteiger partial charge in [-0.05, 0) is 25.3 Å². The van der Waals surface area contributed by atoms with Crippen molar-refractivity contribution in [3.05, 3.63) is 28.2 Å². The monoisotopic (exact) mass is 362 g/mol. The van der Waals surface area contributed by atoms with Gasteiger partial charge in [-0.3, -0.25) is 14.4 Å². The maximum atomic E-state index is 12.7. The van der Waals surface area contributed by atoms with Crippen molar-refractivity contribution in [1.29, 1.82) is 0 Å². The Labute approximate surface area is 152 Å². The number of ether oxygens (including phenoxy) is 1. The maximum Gasteiger partial charge on any atom is 0.264 e. The first-order valence-electron chi connectivity index (χ1n) is 9.32. The van der Waals surface area contributed by atoms with Crippen LogP contribution in [0.25, 0.3) is 0 Å². The summed E-state index contributed by atoms with van der Waals surface area (Å²) in [5.74, 6) is 0.343. The van der Waals surface area contributed by atoms with Crippen LogP contribution < -0.4 is 5.56 Å². The third-order valence-corrected chi connectivity index (χ3v) is 5.06. The molecule has 0 bridgehead atoms. The molecule has 0 atom stereocenters. The van der Waals surface area contributed by atoms with Gasteiger partial charge >= 0.3 is 0 Å². The summed E-state index contributed by atoms with van der Waals surface area (Å²) in [6, 6.07) is 3.06. The van der Waals surface area contributed by atoms with Crippen molar-refractivity contribution in [2.75, 3.05) is 39.4 Å². The molecule has 26 heavy (non-hydrogen) atoms. The van der Waals surface area contributed by atoms with E-state index in [0.29, 0.717) is 57.9 Å². The number of aromatic nitrogens is 2. The number of aromatic amines is 1. The van der Waals surface area contributed by atoms with Crippen molar-refractivity contribution in [2.45, 2.75) is 32.1 Å². The lowest BCUT2D eigenvalue weighted by Gasteiger charge is -2.28. The van der Waals surface area contributed by atoms with Gasteiger partial charge in [0.1, 0.15) is 0 Å². The molecule has 3 rings (SSSR count). The summed E-state index contributed by atoms with van der Waals surface area (Å²) in [5.41, 5.74) is 0.450. The van der Waals surface area contributed by atoms with Gasteiger partial charge in [0.2, 0.25) is 11.8 Å². The van der Waals surface area contributed by atoms with Gasteiger partial charge in [0, 0.05) is 64.2 Å². The first kappa shape index (κ1) is 18.6. The SMILES string of the molecule is O=C(CCc1ccc(=O)[nH]n1)N1CCCN(C(=O)C2CCOCC2)CC1. The largest absolute Gasteiger partial charge is 0.381 e. The second-order valence-electron chi connectivity index (χ2n) is 6.86. The summed E-state index contributed by atoms with van der Waals surface area (Å²) in [4.78, 5) is 39.9. The second-order valence-corrected chi connectivity index (χ2v) is 6.86. The molecule has 3 heterocycles. The van der Waals surface area contributed by atoms with Gasteiger partial charge in [-0.2, -0.15) is 5.10 Å². The van der Waals surface area contributed by atoms with E-state index < -0.39 is 0 Å². The van der Waals surface area contributed by atoms with Gasteiger partial charge in [-0.1, -0.05) is 0 Å². The number of amides is 2. The average molecular weight is 362 g/mol. The Hall–Kier alpha value is -2.22. The zero-order chi connectivity index (χ0) is 18.4. The van der Waals surface area contributed by atoms with Gasteiger partial charge in [0.05, 0.1) is 5.69 Å². The van der Waals surface area contributed by atoms with Crippen LogP contribution in [0, 0.1) is 5.92 Å². The molecule has 142 valence electrons. The number of aryl methyl sites for hydroxylation is 1. The number of hydrogen-bond donors (Lipinski definition) is 1. The molecule has 0 aromatic carbocycles. The van der Waals surface area contributed by atoms with Crippen molar-refractivity contribution in [2.24, 2.45) is 5.92 Å². The lowest BCUT2D eigenvalue weighted by atomic mass is 9.98. The molecule has 0 spiro atoms. The Kier molecular flexibility index (Phi) is 6.38. The summed E-state index contributed by atoms with van der Waals surface area (Å²) in [5, 5.41) is 6.31. The minimum atomic E-state index is -0.248. The van der Waals surface area contributed by atoms with Crippen LogP contribution in [0.15, 0.2) is 16.9 Å². The summed E-state index contributed by atoms with van der Waals surface area (Å²) >= 11 is 0. The molecule has 2 amide bonds. The van der Waals surface area contributed by atoms with E-state index in [1.807, 2.05) is 9.80 Å². The van der Waals surface area contributed by atoms with Gasteiger partial charge in [0.15, 0.2) is 0 Å². The van der Waals surface area contributed by atoms with E-state index in [1.165, 1.54) is 6.07 Å². The van der Waals surface area contributed by atoms with E-state index in [9.17, 15) is 14.4 Å². The molecule has 2 fully saturated rings. The third-order valence-electron chi connectivity index (χ3n) is 5.06. The highest BCUT2D eigenvalue weighted by atomic mass is 16.5. The third kappa shape index (κ3) is 4.91. The molecule has 8 nitrogen and oxygen atoms in total. The van der Waals surface area contributed by atoms with Crippen LogP contribution >= 0.6 is 0 Å². The number of hydrogen-bond acceptors (Lipinski definition) is 5. The van der Waals surface area contributed by atoms with Crippen molar-refractivity contribution < 1.29 is 14.3 Å². The van der Waals surface area contributed by atoms with Crippen molar-refractivity contribution in [3.8, 4) is 0 Å². The normalized spacial score (nSPS) is 19.2. The highest BCUT2D eigenvalue weighted by Crippen LogP contribution is 2.19. The molecule has 0 unspecified atom stereocenters. The van der Waals surface area contributed by atoms with Crippen LogP contribution in [0.5, 0.6) is 0 Å². The number of nitrogens with zero attached hydrogens (tertiary/aromatic N) is 3. The van der Waals surface area contributed by atoms with E-state index in [-0.39, 0.29) is 23.3 Å². The number of rotatable bonds is 4. The first-order valence-corrected chi connectivity index (χ1v) is 9.32. The average Bonchev–Trinajstić information content (AvgIpc) is 2.94. The fraction of sp³-hybridized carbons (Fsp3) is 0.667. The fourth-order valence-corrected chi connectivity index (χ4v) is 3.50. The van der Waals surface area contributed by atoms with Crippen LogP contribution in [0.3, 0.4) is 0 Å². The standard InChI is InChI=1S/C18H26N4O4/c23-16-4-2-15(19-20-16)3-5-17(24)21-8-1-9-22(11-10-21)18(25)14-6-12-26-13-7-14/h2,4,14H,1,3,5-13H2,(H,20,23). The summed E-state index contributed by atoms with van der Waals surface area (Å²) in [7, 11) is 0. The van der Waals surface area contributed by atoms with E-state index in [2.05, 4.69) is 10.2 Å². The summed E-state index contributed by atoms with van der Waals surface area (Å²) in [6.07, 6.45) is 3.25. The Balaban J connectivity index is 1.47. The maximum absolute atomic E-state index is 12.7. The predicted octanol–water partition coefficient (Wildman–Crippen LogP) is 0.190. The van der Waals surface area contributed by atoms with Gasteiger partial charge in [-0.25, -0.2) is 5.10 Å². The minimum absolute atomic E-state index is 0.0670. The zero-order valence-corrected chi connectivity index (χ0v) is 15.0. The summed E-state index contributed by atoms with van der Waals surface area (Å²) in [6.45, 7) is 3.88. The molecule has 1 aromatic heterocycles. The number of nitrogens with one attached hydrogen (secondary N) is 1. The van der Waals surface area contributed by atoms with Gasteiger partial charge < -0.3 is 14.5 Å². The first-order chi connectivity index (χ1) is 12.6. The van der Waals surface area contributed by atoms with Gasteiger partial charge in [0.25, 0.3) is 5.56 Å². The molecule has 2 aliphatic heterocycles. The molecular formula is C18H26N4O4. The van der Waals surface area contributed by atoms with Crippen molar-refractivity contribution in [1.82, 2.24) is 20.0 Å². The summed E-state index contributed by atoms with van der Waals surface area (Å²) < 4.78 is 5.33. The molecule has 2 saturated heterocycles. The highest BCUT2D eigenvalue weighted by molar-refractivity contribution is 5.79. The number of carbonyl (C=O) groups is 2. The fourth-order valence-electron chi connectivity index (χ4n) is 3.50. The molecule has 0 radical (unpaired) electrons. The van der Waals surface area contributed by atoms with Crippen LogP contribution in [-0.4, -0.2) is 71.2 Å². The van der Waals surface area contributed by atoms with Crippen molar-refractivity contribution in [3.63, 3.8) is 0 Å². The smallest absolute Gasteiger partial charge is 0.264 e. The van der Waals surface area contributed by atoms with E-state index in [4.69, 9.17) is 4.74 Å².